The number of nitrogens with zero attached hydrogens (tertiary/aromatic N) is 1. The minimum atomic E-state index is -4.56. The molecular formula is C16H13F5N2O2. The van der Waals surface area contributed by atoms with Gasteiger partial charge in [-0.05, 0) is 18.1 Å². The summed E-state index contributed by atoms with van der Waals surface area (Å²) >= 11 is 0. The SMILES string of the molecule is Fc1cncc(F)c1NCCc1ccc(C(F)(F)F)c2c1OCCO2. The average Bonchev–Trinajstić information content (AvgIpc) is 2.56. The summed E-state index contributed by atoms with van der Waals surface area (Å²) in [5.41, 5.74) is -0.803. The molecule has 1 aliphatic rings. The molecule has 3 rings (SSSR count). The summed E-state index contributed by atoms with van der Waals surface area (Å²) in [7, 11) is 0. The largest absolute Gasteiger partial charge is 0.486 e. The van der Waals surface area contributed by atoms with E-state index in [0.29, 0.717) is 5.56 Å². The zero-order chi connectivity index (χ0) is 18.0. The molecule has 25 heavy (non-hydrogen) atoms. The van der Waals surface area contributed by atoms with Crippen molar-refractivity contribution in [3.8, 4) is 11.5 Å². The van der Waals surface area contributed by atoms with Gasteiger partial charge in [-0.3, -0.25) is 4.98 Å². The van der Waals surface area contributed by atoms with Gasteiger partial charge in [-0.15, -0.1) is 0 Å². The number of halogens is 5. The molecule has 1 aromatic carbocycles. The second-order valence-electron chi connectivity index (χ2n) is 5.28. The summed E-state index contributed by atoms with van der Waals surface area (Å²) in [4.78, 5) is 3.37. The van der Waals surface area contributed by atoms with Gasteiger partial charge in [-0.2, -0.15) is 13.2 Å². The Balaban J connectivity index is 1.79. The molecule has 0 aliphatic carbocycles. The number of alkyl halides is 3. The van der Waals surface area contributed by atoms with E-state index >= 15 is 0 Å². The summed E-state index contributed by atoms with van der Waals surface area (Å²) < 4.78 is 76.6. The van der Waals surface area contributed by atoms with E-state index < -0.39 is 23.4 Å². The van der Waals surface area contributed by atoms with Crippen molar-refractivity contribution in [2.75, 3.05) is 25.1 Å². The fourth-order valence-electron chi connectivity index (χ4n) is 2.51. The van der Waals surface area contributed by atoms with E-state index in [1.54, 1.807) is 0 Å². The van der Waals surface area contributed by atoms with Crippen LogP contribution in [0.5, 0.6) is 11.5 Å². The topological polar surface area (TPSA) is 43.4 Å². The Labute approximate surface area is 139 Å². The lowest BCUT2D eigenvalue weighted by Crippen LogP contribution is -2.21. The van der Waals surface area contributed by atoms with Crippen LogP contribution in [0.4, 0.5) is 27.6 Å². The second kappa shape index (κ2) is 6.73. The number of anilines is 1. The van der Waals surface area contributed by atoms with Crippen LogP contribution in [-0.2, 0) is 12.6 Å². The van der Waals surface area contributed by atoms with E-state index in [9.17, 15) is 22.0 Å². The highest BCUT2D eigenvalue weighted by atomic mass is 19.4. The Kier molecular flexibility index (Phi) is 4.65. The molecule has 0 atom stereocenters. The second-order valence-corrected chi connectivity index (χ2v) is 5.28. The number of ether oxygens (including phenoxy) is 2. The normalized spacial score (nSPS) is 13.6. The molecule has 9 heteroatoms. The Morgan fingerprint density at radius 3 is 2.28 bits per heavy atom. The molecule has 0 spiro atoms. The maximum absolute atomic E-state index is 13.5. The molecule has 1 aromatic heterocycles. The van der Waals surface area contributed by atoms with Crippen LogP contribution in [0.2, 0.25) is 0 Å². The first-order valence-electron chi connectivity index (χ1n) is 7.39. The first-order valence-corrected chi connectivity index (χ1v) is 7.39. The van der Waals surface area contributed by atoms with Crippen LogP contribution in [0, 0.1) is 11.6 Å². The van der Waals surface area contributed by atoms with Crippen LogP contribution in [0.1, 0.15) is 11.1 Å². The third-order valence-corrected chi connectivity index (χ3v) is 3.62. The summed E-state index contributed by atoms with van der Waals surface area (Å²) in [5.74, 6) is -2.04. The lowest BCUT2D eigenvalue weighted by molar-refractivity contribution is -0.139. The van der Waals surface area contributed by atoms with Gasteiger partial charge in [0.2, 0.25) is 0 Å². The third kappa shape index (κ3) is 3.59. The molecule has 0 saturated heterocycles. The van der Waals surface area contributed by atoms with Crippen molar-refractivity contribution in [1.29, 1.82) is 0 Å². The predicted molar refractivity (Wildman–Crippen MR) is 78.8 cm³/mol. The lowest BCUT2D eigenvalue weighted by Gasteiger charge is -2.24. The molecule has 0 radical (unpaired) electrons. The highest BCUT2D eigenvalue weighted by molar-refractivity contribution is 5.54. The van der Waals surface area contributed by atoms with Gasteiger partial charge in [-0.25, -0.2) is 8.78 Å². The van der Waals surface area contributed by atoms with E-state index in [0.717, 1.165) is 18.5 Å². The lowest BCUT2D eigenvalue weighted by atomic mass is 10.0. The predicted octanol–water partition coefficient (Wildman–Crippen LogP) is 3.80. The first kappa shape index (κ1) is 17.2. The summed E-state index contributed by atoms with van der Waals surface area (Å²) in [6.45, 7) is 0.229. The number of pyridine rings is 1. The van der Waals surface area contributed by atoms with Gasteiger partial charge in [0.25, 0.3) is 0 Å². The maximum atomic E-state index is 13.5. The van der Waals surface area contributed by atoms with E-state index in [4.69, 9.17) is 9.47 Å². The number of fused-ring (bicyclic) bond motifs is 1. The molecule has 1 N–H and O–H groups in total. The molecule has 0 fully saturated rings. The number of nitrogens with one attached hydrogen (secondary N) is 1. The van der Waals surface area contributed by atoms with Gasteiger partial charge < -0.3 is 14.8 Å². The van der Waals surface area contributed by atoms with Crippen molar-refractivity contribution in [2.24, 2.45) is 0 Å². The number of hydrogen-bond acceptors (Lipinski definition) is 4. The monoisotopic (exact) mass is 360 g/mol. The van der Waals surface area contributed by atoms with Crippen LogP contribution in [-0.4, -0.2) is 24.7 Å². The fourth-order valence-corrected chi connectivity index (χ4v) is 2.51. The van der Waals surface area contributed by atoms with Crippen molar-refractivity contribution in [3.63, 3.8) is 0 Å². The van der Waals surface area contributed by atoms with E-state index in [1.165, 1.54) is 6.07 Å². The Morgan fingerprint density at radius 1 is 1.00 bits per heavy atom. The van der Waals surface area contributed by atoms with Gasteiger partial charge in [0.05, 0.1) is 12.4 Å². The van der Waals surface area contributed by atoms with Gasteiger partial charge in [0, 0.05) is 6.54 Å². The first-order chi connectivity index (χ1) is 11.9. The highest BCUT2D eigenvalue weighted by Gasteiger charge is 2.37. The number of rotatable bonds is 4. The van der Waals surface area contributed by atoms with Crippen molar-refractivity contribution in [3.05, 3.63) is 47.3 Å². The number of benzene rings is 1. The molecule has 1 aliphatic heterocycles. The van der Waals surface area contributed by atoms with Crippen LogP contribution in [0.3, 0.4) is 0 Å². The Bertz CT molecular complexity index is 760. The molecule has 134 valence electrons. The van der Waals surface area contributed by atoms with E-state index in [2.05, 4.69) is 10.3 Å². The van der Waals surface area contributed by atoms with Gasteiger partial charge in [0.1, 0.15) is 24.5 Å². The van der Waals surface area contributed by atoms with Crippen molar-refractivity contribution >= 4 is 5.69 Å². The number of hydrogen-bond donors (Lipinski definition) is 1. The average molecular weight is 360 g/mol. The molecule has 2 aromatic rings. The van der Waals surface area contributed by atoms with E-state index in [1.807, 2.05) is 0 Å². The van der Waals surface area contributed by atoms with Crippen LogP contribution < -0.4 is 14.8 Å². The summed E-state index contributed by atoms with van der Waals surface area (Å²) in [6.07, 6.45) is -2.65. The highest BCUT2D eigenvalue weighted by Crippen LogP contribution is 2.44. The summed E-state index contributed by atoms with van der Waals surface area (Å²) in [6, 6.07) is 2.19. The molecule has 0 bridgehead atoms. The molecule has 0 amide bonds. The maximum Gasteiger partial charge on any atom is 0.420 e. The quantitative estimate of drug-likeness (QED) is 0.843. The smallest absolute Gasteiger partial charge is 0.420 e. The van der Waals surface area contributed by atoms with Crippen molar-refractivity contribution in [1.82, 2.24) is 4.98 Å². The summed E-state index contributed by atoms with van der Waals surface area (Å²) in [5, 5.41) is 2.57. The minimum Gasteiger partial charge on any atom is -0.486 e. The van der Waals surface area contributed by atoms with Gasteiger partial charge in [-0.1, -0.05) is 6.07 Å². The third-order valence-electron chi connectivity index (χ3n) is 3.62. The molecular weight excluding hydrogens is 347 g/mol. The van der Waals surface area contributed by atoms with Crippen LogP contribution in [0.25, 0.3) is 0 Å². The number of aromatic nitrogens is 1. The van der Waals surface area contributed by atoms with E-state index in [-0.39, 0.29) is 43.4 Å². The van der Waals surface area contributed by atoms with Gasteiger partial charge >= 0.3 is 6.18 Å². The fraction of sp³-hybridized carbons (Fsp3) is 0.312. The molecule has 0 saturated carbocycles. The van der Waals surface area contributed by atoms with Crippen LogP contribution >= 0.6 is 0 Å². The zero-order valence-electron chi connectivity index (χ0n) is 12.8. The van der Waals surface area contributed by atoms with Crippen LogP contribution in [0.15, 0.2) is 24.5 Å². The van der Waals surface area contributed by atoms with Crippen molar-refractivity contribution in [2.45, 2.75) is 12.6 Å². The molecule has 0 unspecified atom stereocenters. The van der Waals surface area contributed by atoms with Crippen molar-refractivity contribution < 1.29 is 31.4 Å². The Hall–Kier alpha value is -2.58. The minimum absolute atomic E-state index is 0.0125. The molecule has 4 nitrogen and oxygen atoms in total. The standard InChI is InChI=1S/C16H13F5N2O2/c17-11-7-22-8-12(18)13(11)23-4-3-9-1-2-10(16(19,20)21)15-14(9)24-5-6-25-15/h1-2,7-8H,3-6H2,(H,22,23). The Morgan fingerprint density at radius 2 is 1.64 bits per heavy atom. The zero-order valence-corrected chi connectivity index (χ0v) is 12.8. The van der Waals surface area contributed by atoms with Gasteiger partial charge in [0.15, 0.2) is 23.1 Å². The molecule has 2 heterocycles.